The van der Waals surface area contributed by atoms with Gasteiger partial charge in [-0.05, 0) is 25.0 Å². The molecule has 2 rings (SSSR count). The molecule has 6 nitrogen and oxygen atoms in total. The van der Waals surface area contributed by atoms with E-state index in [1.54, 1.807) is 29.1 Å². The van der Waals surface area contributed by atoms with Gasteiger partial charge in [0, 0.05) is 13.0 Å². The second kappa shape index (κ2) is 5.51. The van der Waals surface area contributed by atoms with E-state index in [2.05, 4.69) is 4.98 Å². The Morgan fingerprint density at radius 3 is 2.79 bits per heavy atom. The number of rotatable bonds is 6. The highest BCUT2D eigenvalue weighted by Crippen LogP contribution is 2.18. The van der Waals surface area contributed by atoms with Crippen LogP contribution in [0.25, 0.3) is 11.0 Å². The molecule has 0 aliphatic carbocycles. The standard InChI is InChI=1S/C13H15N3O3/c14-11(17)6-1-2-7-16-8-15-10-5-3-4-9(12(10)16)13(18)19/h3-5,8H,1-2,6-7H2,(H2,14,17)(H,18,19). The van der Waals surface area contributed by atoms with Gasteiger partial charge in [0.25, 0.3) is 0 Å². The third kappa shape index (κ3) is 2.90. The van der Waals surface area contributed by atoms with E-state index in [0.717, 1.165) is 6.42 Å². The minimum atomic E-state index is -0.968. The molecule has 3 N–H and O–H groups in total. The van der Waals surface area contributed by atoms with Gasteiger partial charge in [-0.1, -0.05) is 6.07 Å². The van der Waals surface area contributed by atoms with Crippen molar-refractivity contribution >= 4 is 22.9 Å². The van der Waals surface area contributed by atoms with Crippen molar-refractivity contribution in [2.45, 2.75) is 25.8 Å². The fourth-order valence-corrected chi connectivity index (χ4v) is 2.05. The van der Waals surface area contributed by atoms with Gasteiger partial charge in [0.1, 0.15) is 0 Å². The molecule has 1 amide bonds. The number of nitrogens with two attached hydrogens (primary N) is 1. The lowest BCUT2D eigenvalue weighted by Gasteiger charge is -2.05. The number of nitrogens with zero attached hydrogens (tertiary/aromatic N) is 2. The smallest absolute Gasteiger partial charge is 0.337 e. The van der Waals surface area contributed by atoms with Crippen LogP contribution in [-0.4, -0.2) is 26.5 Å². The molecule has 6 heteroatoms. The van der Waals surface area contributed by atoms with E-state index in [0.29, 0.717) is 30.4 Å². The van der Waals surface area contributed by atoms with Gasteiger partial charge in [-0.15, -0.1) is 0 Å². The molecule has 0 saturated heterocycles. The van der Waals surface area contributed by atoms with Gasteiger partial charge in [-0.2, -0.15) is 0 Å². The van der Waals surface area contributed by atoms with Crippen molar-refractivity contribution in [1.82, 2.24) is 9.55 Å². The second-order valence-corrected chi connectivity index (χ2v) is 4.34. The van der Waals surface area contributed by atoms with Crippen LogP contribution in [0.3, 0.4) is 0 Å². The number of carbonyl (C=O) groups is 2. The number of aryl methyl sites for hydroxylation is 1. The van der Waals surface area contributed by atoms with Crippen LogP contribution in [0.2, 0.25) is 0 Å². The third-order valence-electron chi connectivity index (χ3n) is 2.94. The van der Waals surface area contributed by atoms with Crippen molar-refractivity contribution in [3.63, 3.8) is 0 Å². The number of carboxylic acid groups (broad SMARTS) is 1. The number of benzene rings is 1. The summed E-state index contributed by atoms with van der Waals surface area (Å²) < 4.78 is 1.81. The molecule has 0 saturated carbocycles. The van der Waals surface area contributed by atoms with Gasteiger partial charge < -0.3 is 15.4 Å². The highest BCUT2D eigenvalue weighted by Gasteiger charge is 2.12. The van der Waals surface area contributed by atoms with Gasteiger partial charge >= 0.3 is 5.97 Å². The van der Waals surface area contributed by atoms with E-state index in [1.165, 1.54) is 0 Å². The summed E-state index contributed by atoms with van der Waals surface area (Å²) >= 11 is 0. The number of hydrogen-bond donors (Lipinski definition) is 2. The molecule has 0 bridgehead atoms. The van der Waals surface area contributed by atoms with Crippen LogP contribution < -0.4 is 5.73 Å². The normalized spacial score (nSPS) is 10.7. The average molecular weight is 261 g/mol. The quantitative estimate of drug-likeness (QED) is 0.767. The van der Waals surface area contributed by atoms with E-state index >= 15 is 0 Å². The number of aromatic carboxylic acids is 1. The van der Waals surface area contributed by atoms with Crippen LogP contribution in [0.1, 0.15) is 29.6 Å². The van der Waals surface area contributed by atoms with Gasteiger partial charge in [-0.3, -0.25) is 4.79 Å². The lowest BCUT2D eigenvalue weighted by Crippen LogP contribution is -2.10. The van der Waals surface area contributed by atoms with Crippen LogP contribution in [0.15, 0.2) is 24.5 Å². The highest BCUT2D eigenvalue weighted by molar-refractivity contribution is 6.01. The number of carbonyl (C=O) groups excluding carboxylic acids is 1. The average Bonchev–Trinajstić information content (AvgIpc) is 2.77. The second-order valence-electron chi connectivity index (χ2n) is 4.34. The Balaban J connectivity index is 2.19. The summed E-state index contributed by atoms with van der Waals surface area (Å²) in [5.41, 5.74) is 6.59. The van der Waals surface area contributed by atoms with Crippen molar-refractivity contribution in [3.05, 3.63) is 30.1 Å². The Hall–Kier alpha value is -2.37. The van der Waals surface area contributed by atoms with Crippen molar-refractivity contribution < 1.29 is 14.7 Å². The molecule has 0 fully saturated rings. The topological polar surface area (TPSA) is 98.2 Å². The molecule has 0 unspecified atom stereocenters. The Kier molecular flexibility index (Phi) is 3.79. The van der Waals surface area contributed by atoms with E-state index < -0.39 is 5.97 Å². The maximum absolute atomic E-state index is 11.2. The monoisotopic (exact) mass is 261 g/mol. The molecule has 0 aliphatic rings. The molecule has 1 aromatic heterocycles. The number of aromatic nitrogens is 2. The van der Waals surface area contributed by atoms with Crippen LogP contribution >= 0.6 is 0 Å². The van der Waals surface area contributed by atoms with Crippen LogP contribution in [0.4, 0.5) is 0 Å². The van der Waals surface area contributed by atoms with E-state index in [1.807, 2.05) is 0 Å². The van der Waals surface area contributed by atoms with E-state index in [4.69, 9.17) is 10.8 Å². The molecule has 1 heterocycles. The van der Waals surface area contributed by atoms with Crippen molar-refractivity contribution in [1.29, 1.82) is 0 Å². The van der Waals surface area contributed by atoms with Gasteiger partial charge in [0.05, 0.1) is 22.9 Å². The first-order chi connectivity index (χ1) is 9.09. The van der Waals surface area contributed by atoms with Crippen LogP contribution in [0.5, 0.6) is 0 Å². The van der Waals surface area contributed by atoms with Gasteiger partial charge in [-0.25, -0.2) is 9.78 Å². The number of carboxylic acids is 1. The molecule has 100 valence electrons. The molecular weight excluding hydrogens is 246 g/mol. The van der Waals surface area contributed by atoms with Crippen LogP contribution in [0, 0.1) is 0 Å². The molecular formula is C13H15N3O3. The summed E-state index contributed by atoms with van der Waals surface area (Å²) in [6.07, 6.45) is 3.41. The fourth-order valence-electron chi connectivity index (χ4n) is 2.05. The number of unbranched alkanes of at least 4 members (excludes halogenated alkanes) is 1. The summed E-state index contributed by atoms with van der Waals surface area (Å²) in [5, 5.41) is 9.17. The van der Waals surface area contributed by atoms with Gasteiger partial charge in [0.2, 0.25) is 5.91 Å². The first-order valence-corrected chi connectivity index (χ1v) is 6.05. The summed E-state index contributed by atoms with van der Waals surface area (Å²) in [6.45, 7) is 0.619. The van der Waals surface area contributed by atoms with Crippen LogP contribution in [-0.2, 0) is 11.3 Å². The molecule has 0 spiro atoms. The molecule has 19 heavy (non-hydrogen) atoms. The van der Waals surface area contributed by atoms with Crippen molar-refractivity contribution in [2.75, 3.05) is 0 Å². The summed E-state index contributed by atoms with van der Waals surface area (Å²) in [5.74, 6) is -1.29. The molecule has 2 aromatic rings. The number of amides is 1. The van der Waals surface area contributed by atoms with Crippen molar-refractivity contribution in [2.24, 2.45) is 5.73 Å². The largest absolute Gasteiger partial charge is 0.478 e. The summed E-state index contributed by atoms with van der Waals surface area (Å²) in [7, 11) is 0. The number of fused-ring (bicyclic) bond motifs is 1. The predicted molar refractivity (Wildman–Crippen MR) is 69.7 cm³/mol. The number of para-hydroxylation sites is 1. The Bertz CT molecular complexity index is 619. The fraction of sp³-hybridized carbons (Fsp3) is 0.308. The summed E-state index contributed by atoms with van der Waals surface area (Å²) in [6, 6.07) is 5.02. The summed E-state index contributed by atoms with van der Waals surface area (Å²) in [4.78, 5) is 26.0. The molecule has 0 aliphatic heterocycles. The van der Waals surface area contributed by atoms with E-state index in [9.17, 15) is 9.59 Å². The molecule has 0 radical (unpaired) electrons. The Morgan fingerprint density at radius 1 is 1.32 bits per heavy atom. The zero-order valence-corrected chi connectivity index (χ0v) is 10.4. The van der Waals surface area contributed by atoms with E-state index in [-0.39, 0.29) is 11.5 Å². The lowest BCUT2D eigenvalue weighted by atomic mass is 10.1. The lowest BCUT2D eigenvalue weighted by molar-refractivity contribution is -0.118. The van der Waals surface area contributed by atoms with Crippen molar-refractivity contribution in [3.8, 4) is 0 Å². The third-order valence-corrected chi connectivity index (χ3v) is 2.94. The first-order valence-electron chi connectivity index (χ1n) is 6.05. The highest BCUT2D eigenvalue weighted by atomic mass is 16.4. The van der Waals surface area contributed by atoms with Gasteiger partial charge in [0.15, 0.2) is 0 Å². The molecule has 0 atom stereocenters. The Labute approximate surface area is 109 Å². The number of hydrogen-bond acceptors (Lipinski definition) is 3. The SMILES string of the molecule is NC(=O)CCCCn1cnc2cccc(C(=O)O)c21. The Morgan fingerprint density at radius 2 is 2.11 bits per heavy atom. The first kappa shape index (κ1) is 13.1. The number of imidazole rings is 1. The maximum atomic E-state index is 11.2. The number of primary amides is 1. The minimum Gasteiger partial charge on any atom is -0.478 e. The zero-order chi connectivity index (χ0) is 13.8. The zero-order valence-electron chi connectivity index (χ0n) is 10.4. The predicted octanol–water partition coefficient (Wildman–Crippen LogP) is 1.39. The maximum Gasteiger partial charge on any atom is 0.337 e. The molecule has 1 aromatic carbocycles. The minimum absolute atomic E-state index is 0.241.